The minimum atomic E-state index is -0.659. The molecule has 0 radical (unpaired) electrons. The third kappa shape index (κ3) is 11.4. The molecule has 15 heteroatoms. The lowest BCUT2D eigenvalue weighted by Crippen LogP contribution is -2.45. The average molecular weight is 824 g/mol. The van der Waals surface area contributed by atoms with Crippen LogP contribution in [0.25, 0.3) is 0 Å². The second-order valence-corrected chi connectivity index (χ2v) is 18.7. The minimum absolute atomic E-state index is 0.0303. The van der Waals surface area contributed by atoms with Crippen LogP contribution in [0.2, 0.25) is 0 Å². The number of hydrogen-bond acceptors (Lipinski definition) is 6. The van der Waals surface area contributed by atoms with Crippen molar-refractivity contribution in [3.05, 3.63) is 70.8 Å². The Kier molecular flexibility index (Phi) is 14.4. The molecule has 6 saturated carbocycles. The Morgan fingerprint density at radius 2 is 0.930 bits per heavy atom. The SMILES string of the molecule is N=C(N)NCCCCC(NC(=O)c1ccc(C23CCC(Cl)(CC2)CC3)cc1)OBOC(CCCCNC(=N)N)NC(=O)c1ccc(C23CCC(Cl)(CC2)CC3)cc1. The van der Waals surface area contributed by atoms with E-state index in [9.17, 15) is 9.59 Å². The molecule has 2 aromatic carbocycles. The normalized spacial score (nSPS) is 27.2. The van der Waals surface area contributed by atoms with E-state index < -0.39 is 12.5 Å². The van der Waals surface area contributed by atoms with Crippen LogP contribution in [0.1, 0.15) is 147 Å². The zero-order valence-electron chi connectivity index (χ0n) is 33.2. The molecule has 0 heterocycles. The third-order valence-electron chi connectivity index (χ3n) is 13.4. The highest BCUT2D eigenvalue weighted by atomic mass is 35.5. The fourth-order valence-electron chi connectivity index (χ4n) is 9.51. The van der Waals surface area contributed by atoms with E-state index in [1.807, 2.05) is 24.3 Å². The highest BCUT2D eigenvalue weighted by Gasteiger charge is 2.49. The van der Waals surface area contributed by atoms with Crippen molar-refractivity contribution in [2.75, 3.05) is 13.1 Å². The van der Waals surface area contributed by atoms with Gasteiger partial charge in [0, 0.05) is 34.0 Å². The van der Waals surface area contributed by atoms with Crippen LogP contribution in [0, 0.1) is 10.8 Å². The number of guanidine groups is 2. The van der Waals surface area contributed by atoms with Crippen LogP contribution in [0.4, 0.5) is 0 Å². The van der Waals surface area contributed by atoms with E-state index in [2.05, 4.69) is 45.5 Å². The largest absolute Gasteiger partial charge is 0.441 e. The van der Waals surface area contributed by atoms with Gasteiger partial charge in [0.1, 0.15) is 12.5 Å². The maximum absolute atomic E-state index is 13.6. The topological polar surface area (TPSA) is 200 Å². The van der Waals surface area contributed by atoms with Gasteiger partial charge < -0.3 is 42.0 Å². The van der Waals surface area contributed by atoms with Gasteiger partial charge in [-0.3, -0.25) is 20.4 Å². The number of unbranched alkanes of at least 4 members (excludes halogenated alkanes) is 2. The molecule has 2 unspecified atom stereocenters. The van der Waals surface area contributed by atoms with E-state index in [4.69, 9.17) is 54.8 Å². The summed E-state index contributed by atoms with van der Waals surface area (Å²) in [4.78, 5) is 27.0. The Bertz CT molecular complexity index is 1540. The number of nitrogens with two attached hydrogens (primary N) is 2. The van der Waals surface area contributed by atoms with Crippen molar-refractivity contribution in [2.24, 2.45) is 11.5 Å². The molecule has 6 fully saturated rings. The summed E-state index contributed by atoms with van der Waals surface area (Å²) in [5.74, 6) is -0.658. The fourth-order valence-corrected chi connectivity index (χ4v) is 10.1. The molecular formula is C42H61BCl2N8O4. The van der Waals surface area contributed by atoms with Crippen molar-refractivity contribution >= 4 is 54.6 Å². The van der Waals surface area contributed by atoms with Crippen molar-refractivity contribution in [3.8, 4) is 0 Å². The van der Waals surface area contributed by atoms with Gasteiger partial charge >= 0.3 is 7.69 Å². The summed E-state index contributed by atoms with van der Waals surface area (Å²) in [6.45, 7) is 1.06. The van der Waals surface area contributed by atoms with Crippen molar-refractivity contribution in [2.45, 2.75) is 149 Å². The molecule has 6 aliphatic rings. The minimum Gasteiger partial charge on any atom is -0.393 e. The molecular weight excluding hydrogens is 762 g/mol. The molecule has 2 atom stereocenters. The van der Waals surface area contributed by atoms with Gasteiger partial charge in [0.2, 0.25) is 0 Å². The van der Waals surface area contributed by atoms with Crippen LogP contribution in [0.3, 0.4) is 0 Å². The number of carbonyl (C=O) groups excluding carboxylic acids is 2. The number of fused-ring (bicyclic) bond motifs is 6. The van der Waals surface area contributed by atoms with Gasteiger partial charge in [0.05, 0.1) is 0 Å². The lowest BCUT2D eigenvalue weighted by Gasteiger charge is -2.51. The summed E-state index contributed by atoms with van der Waals surface area (Å²) in [5, 5.41) is 26.6. The molecule has 6 aliphatic carbocycles. The van der Waals surface area contributed by atoms with Crippen molar-refractivity contribution in [1.29, 1.82) is 10.8 Å². The number of alkyl halides is 2. The molecule has 2 amide bonds. The maximum atomic E-state index is 13.6. The predicted molar refractivity (Wildman–Crippen MR) is 228 cm³/mol. The van der Waals surface area contributed by atoms with Gasteiger partial charge in [-0.25, -0.2) is 0 Å². The summed E-state index contributed by atoms with van der Waals surface area (Å²) in [6, 6.07) is 16.0. The molecule has 0 aliphatic heterocycles. The maximum Gasteiger partial charge on any atom is 0.441 e. The molecule has 2 aromatic rings. The van der Waals surface area contributed by atoms with Crippen molar-refractivity contribution in [3.63, 3.8) is 0 Å². The van der Waals surface area contributed by atoms with E-state index >= 15 is 0 Å². The lowest BCUT2D eigenvalue weighted by molar-refractivity contribution is 0.0597. The Morgan fingerprint density at radius 3 is 1.25 bits per heavy atom. The van der Waals surface area contributed by atoms with E-state index in [-0.39, 0.29) is 52.0 Å². The second kappa shape index (κ2) is 19.0. The van der Waals surface area contributed by atoms with Gasteiger partial charge in [0.15, 0.2) is 11.9 Å². The van der Waals surface area contributed by atoms with E-state index in [1.165, 1.54) is 11.1 Å². The van der Waals surface area contributed by atoms with Crippen LogP contribution >= 0.6 is 23.2 Å². The molecule has 0 aromatic heterocycles. The Labute approximate surface area is 348 Å². The number of rotatable bonds is 20. The molecule has 57 heavy (non-hydrogen) atoms. The number of amides is 2. The molecule has 12 nitrogen and oxygen atoms in total. The molecule has 310 valence electrons. The number of hydrogen-bond donors (Lipinski definition) is 8. The number of halogens is 2. The van der Waals surface area contributed by atoms with Crippen LogP contribution in [0.15, 0.2) is 48.5 Å². The van der Waals surface area contributed by atoms with Crippen molar-refractivity contribution in [1.82, 2.24) is 21.3 Å². The summed E-state index contributed by atoms with van der Waals surface area (Å²) in [7, 11) is -0.166. The third-order valence-corrected chi connectivity index (χ3v) is 14.5. The van der Waals surface area contributed by atoms with Gasteiger partial charge in [-0.15, -0.1) is 23.2 Å². The molecule has 0 saturated heterocycles. The van der Waals surface area contributed by atoms with Crippen LogP contribution in [-0.4, -0.2) is 66.7 Å². The van der Waals surface area contributed by atoms with E-state index in [0.717, 1.165) is 89.9 Å². The highest BCUT2D eigenvalue weighted by Crippen LogP contribution is 2.57. The Morgan fingerprint density at radius 1 is 0.596 bits per heavy atom. The summed E-state index contributed by atoms with van der Waals surface area (Å²) >= 11 is 13.6. The average Bonchev–Trinajstić information content (AvgIpc) is 3.21. The fraction of sp³-hybridized carbons (Fsp3) is 0.619. The van der Waals surface area contributed by atoms with Crippen molar-refractivity contribution < 1.29 is 18.9 Å². The van der Waals surface area contributed by atoms with Gasteiger partial charge in [-0.05, 0) is 162 Å². The molecule has 10 N–H and O–H groups in total. The van der Waals surface area contributed by atoms with Crippen LogP contribution in [0.5, 0.6) is 0 Å². The zero-order valence-corrected chi connectivity index (χ0v) is 34.7. The predicted octanol–water partition coefficient (Wildman–Crippen LogP) is 6.27. The lowest BCUT2D eigenvalue weighted by atomic mass is 9.57. The van der Waals surface area contributed by atoms with Gasteiger partial charge in [-0.1, -0.05) is 24.3 Å². The van der Waals surface area contributed by atoms with E-state index in [1.54, 1.807) is 0 Å². The first-order valence-corrected chi connectivity index (χ1v) is 21.7. The first kappa shape index (κ1) is 43.1. The molecule has 8 rings (SSSR count). The zero-order chi connectivity index (χ0) is 40.5. The first-order valence-electron chi connectivity index (χ1n) is 20.9. The quantitative estimate of drug-likeness (QED) is 0.0191. The molecule has 0 spiro atoms. The van der Waals surface area contributed by atoms with Gasteiger partial charge in [0.25, 0.3) is 11.8 Å². The summed E-state index contributed by atoms with van der Waals surface area (Å²) in [5.41, 5.74) is 14.8. The Hall–Kier alpha value is -3.52. The van der Waals surface area contributed by atoms with E-state index in [0.29, 0.717) is 49.9 Å². The Balaban J connectivity index is 1.06. The van der Waals surface area contributed by atoms with Crippen LogP contribution in [-0.2, 0) is 20.1 Å². The summed E-state index contributed by atoms with van der Waals surface area (Å²) in [6.07, 6.45) is 15.2. The number of carbonyl (C=O) groups is 2. The second-order valence-electron chi connectivity index (χ2n) is 17.1. The standard InChI is InChI=1S/C42H61BCl2N8O4/c44-41-21-15-39(16-22-41,17-23-41)31-11-7-29(8-12-31)35(54)52-33(5-1-3-27-50-37(46)47)56-43-57-34(6-2-4-28-51-38(48)49)53-36(55)30-9-13-32(14-10-30)40-18-24-42(45,25-19-40)26-20-40/h7-14,33-34,43H,1-6,15-28H2,(H,52,54)(H,53,55)(H4,46,47,50)(H4,48,49,51). The first-order chi connectivity index (χ1) is 27.3. The van der Waals surface area contributed by atoms with Crippen LogP contribution < -0.4 is 32.7 Å². The highest BCUT2D eigenvalue weighted by molar-refractivity contribution is 6.24. The molecule has 4 bridgehead atoms. The number of nitrogens with one attached hydrogen (secondary N) is 6. The van der Waals surface area contributed by atoms with Gasteiger partial charge in [-0.2, -0.15) is 0 Å². The monoisotopic (exact) mass is 822 g/mol. The summed E-state index contributed by atoms with van der Waals surface area (Å²) < 4.78 is 12.3. The number of benzene rings is 2. The smallest absolute Gasteiger partial charge is 0.393 e.